The number of benzene rings is 2. The van der Waals surface area contributed by atoms with Crippen LogP contribution in [0.4, 0.5) is 17.1 Å². The molecule has 0 saturated carbocycles. The SMILES string of the molecule is O=C(/C=C/c1ccccc1[N+](=O)[O-])Nc1ccc(N2CCOCC2)cc1. The van der Waals surface area contributed by atoms with Crippen molar-refractivity contribution in [3.05, 3.63) is 70.3 Å². The Morgan fingerprint density at radius 2 is 1.81 bits per heavy atom. The number of anilines is 2. The molecule has 0 aliphatic carbocycles. The number of amides is 1. The van der Waals surface area contributed by atoms with Gasteiger partial charge in [-0.1, -0.05) is 12.1 Å². The fourth-order valence-electron chi connectivity index (χ4n) is 2.72. The molecule has 2 aromatic rings. The molecule has 0 spiro atoms. The highest BCUT2D eigenvalue weighted by Gasteiger charge is 2.11. The van der Waals surface area contributed by atoms with Crippen LogP contribution in [0, 0.1) is 10.1 Å². The van der Waals surface area contributed by atoms with Crippen LogP contribution in [-0.4, -0.2) is 37.1 Å². The number of carbonyl (C=O) groups is 1. The van der Waals surface area contributed by atoms with E-state index in [4.69, 9.17) is 4.74 Å². The molecule has 0 unspecified atom stereocenters. The average Bonchev–Trinajstić information content (AvgIpc) is 2.68. The average molecular weight is 353 g/mol. The van der Waals surface area contributed by atoms with Gasteiger partial charge < -0.3 is 15.0 Å². The van der Waals surface area contributed by atoms with Crippen LogP contribution in [0.25, 0.3) is 6.08 Å². The highest BCUT2D eigenvalue weighted by atomic mass is 16.6. The van der Waals surface area contributed by atoms with Crippen molar-refractivity contribution in [2.45, 2.75) is 0 Å². The minimum absolute atomic E-state index is 0.0357. The molecule has 7 nitrogen and oxygen atoms in total. The van der Waals surface area contributed by atoms with Crippen molar-refractivity contribution < 1.29 is 14.5 Å². The van der Waals surface area contributed by atoms with E-state index in [2.05, 4.69) is 10.2 Å². The third-order valence-electron chi connectivity index (χ3n) is 4.06. The van der Waals surface area contributed by atoms with Gasteiger partial charge in [0, 0.05) is 36.6 Å². The van der Waals surface area contributed by atoms with E-state index in [0.29, 0.717) is 11.3 Å². The summed E-state index contributed by atoms with van der Waals surface area (Å²) in [4.78, 5) is 24.8. The van der Waals surface area contributed by atoms with Gasteiger partial charge in [0.1, 0.15) is 0 Å². The van der Waals surface area contributed by atoms with Crippen molar-refractivity contribution in [1.29, 1.82) is 0 Å². The number of nitrogens with one attached hydrogen (secondary N) is 1. The van der Waals surface area contributed by atoms with Crippen LogP contribution in [0.1, 0.15) is 5.56 Å². The van der Waals surface area contributed by atoms with E-state index >= 15 is 0 Å². The van der Waals surface area contributed by atoms with Crippen molar-refractivity contribution in [1.82, 2.24) is 0 Å². The van der Waals surface area contributed by atoms with Crippen LogP contribution in [0.5, 0.6) is 0 Å². The normalized spacial score (nSPS) is 14.4. The Hall–Kier alpha value is -3.19. The van der Waals surface area contributed by atoms with Crippen LogP contribution in [0.2, 0.25) is 0 Å². The van der Waals surface area contributed by atoms with Crippen LogP contribution >= 0.6 is 0 Å². The van der Waals surface area contributed by atoms with Crippen LogP contribution in [-0.2, 0) is 9.53 Å². The molecule has 1 N–H and O–H groups in total. The van der Waals surface area contributed by atoms with Crippen molar-refractivity contribution in [2.24, 2.45) is 0 Å². The molecule has 0 aromatic heterocycles. The minimum atomic E-state index is -0.470. The van der Waals surface area contributed by atoms with Crippen LogP contribution < -0.4 is 10.2 Å². The van der Waals surface area contributed by atoms with E-state index in [1.165, 1.54) is 18.2 Å². The fourth-order valence-corrected chi connectivity index (χ4v) is 2.72. The summed E-state index contributed by atoms with van der Waals surface area (Å²) in [6.07, 6.45) is 2.73. The number of morpholine rings is 1. The molecule has 26 heavy (non-hydrogen) atoms. The topological polar surface area (TPSA) is 84.7 Å². The molecule has 1 saturated heterocycles. The molecule has 3 rings (SSSR count). The van der Waals surface area contributed by atoms with Gasteiger partial charge in [-0.2, -0.15) is 0 Å². The molecule has 0 radical (unpaired) electrons. The number of carbonyl (C=O) groups excluding carboxylic acids is 1. The molecule has 1 aliphatic heterocycles. The number of hydrogen-bond acceptors (Lipinski definition) is 5. The summed E-state index contributed by atoms with van der Waals surface area (Å²) in [7, 11) is 0. The third kappa shape index (κ3) is 4.46. The van der Waals surface area contributed by atoms with Gasteiger partial charge in [0.15, 0.2) is 0 Å². The van der Waals surface area contributed by atoms with Crippen LogP contribution in [0.15, 0.2) is 54.6 Å². The minimum Gasteiger partial charge on any atom is -0.378 e. The summed E-state index contributed by atoms with van der Waals surface area (Å²) in [5, 5.41) is 13.7. The first-order chi connectivity index (χ1) is 12.6. The molecule has 134 valence electrons. The van der Waals surface area contributed by atoms with Crippen molar-refractivity contribution in [2.75, 3.05) is 36.5 Å². The van der Waals surface area contributed by atoms with Gasteiger partial charge in [0.05, 0.1) is 23.7 Å². The number of nitro groups is 1. The summed E-state index contributed by atoms with van der Waals surface area (Å²) in [6.45, 7) is 3.14. The van der Waals surface area contributed by atoms with E-state index in [9.17, 15) is 14.9 Å². The lowest BCUT2D eigenvalue weighted by Gasteiger charge is -2.28. The van der Waals surface area contributed by atoms with Gasteiger partial charge >= 0.3 is 0 Å². The molecule has 1 amide bonds. The van der Waals surface area contributed by atoms with Gasteiger partial charge in [0.2, 0.25) is 5.91 Å². The predicted molar refractivity (Wildman–Crippen MR) is 100 cm³/mol. The van der Waals surface area contributed by atoms with Crippen LogP contribution in [0.3, 0.4) is 0 Å². The maximum Gasteiger partial charge on any atom is 0.276 e. The lowest BCUT2D eigenvalue weighted by Crippen LogP contribution is -2.36. The predicted octanol–water partition coefficient (Wildman–Crippen LogP) is 3.08. The zero-order valence-electron chi connectivity index (χ0n) is 14.1. The number of nitrogens with zero attached hydrogens (tertiary/aromatic N) is 2. The van der Waals surface area contributed by atoms with E-state index in [0.717, 1.165) is 32.0 Å². The maximum absolute atomic E-state index is 12.1. The Labute approximate surface area is 151 Å². The number of nitro benzene ring substituents is 1. The molecule has 1 heterocycles. The number of ether oxygens (including phenoxy) is 1. The summed E-state index contributed by atoms with van der Waals surface area (Å²) in [5.74, 6) is -0.345. The molecule has 1 aliphatic rings. The van der Waals surface area contributed by atoms with E-state index in [1.54, 1.807) is 18.2 Å². The zero-order valence-corrected chi connectivity index (χ0v) is 14.1. The third-order valence-corrected chi connectivity index (χ3v) is 4.06. The zero-order chi connectivity index (χ0) is 18.4. The van der Waals surface area contributed by atoms with E-state index in [1.807, 2.05) is 24.3 Å². The molecule has 0 atom stereocenters. The highest BCUT2D eigenvalue weighted by Crippen LogP contribution is 2.20. The summed E-state index contributed by atoms with van der Waals surface area (Å²) < 4.78 is 5.34. The van der Waals surface area contributed by atoms with Crippen molar-refractivity contribution in [3.63, 3.8) is 0 Å². The Balaban J connectivity index is 1.62. The molecular weight excluding hydrogens is 334 g/mol. The highest BCUT2D eigenvalue weighted by molar-refractivity contribution is 6.02. The van der Waals surface area contributed by atoms with Gasteiger partial charge in [-0.05, 0) is 36.4 Å². The number of para-hydroxylation sites is 1. The second-order valence-electron chi connectivity index (χ2n) is 5.78. The Kier molecular flexibility index (Phi) is 5.60. The Morgan fingerprint density at radius 3 is 2.50 bits per heavy atom. The standard InChI is InChI=1S/C19H19N3O4/c23-19(10-5-15-3-1-2-4-18(15)22(24)25)20-16-6-8-17(9-7-16)21-11-13-26-14-12-21/h1-10H,11-14H2,(H,20,23)/b10-5+. The first-order valence-electron chi connectivity index (χ1n) is 8.29. The Morgan fingerprint density at radius 1 is 1.12 bits per heavy atom. The molecule has 1 fully saturated rings. The summed E-state index contributed by atoms with van der Waals surface area (Å²) in [5.41, 5.74) is 2.10. The summed E-state index contributed by atoms with van der Waals surface area (Å²) >= 11 is 0. The molecule has 2 aromatic carbocycles. The van der Waals surface area contributed by atoms with Gasteiger partial charge in [0.25, 0.3) is 5.69 Å². The summed E-state index contributed by atoms with van der Waals surface area (Å²) in [6, 6.07) is 13.9. The van der Waals surface area contributed by atoms with Crippen molar-refractivity contribution >= 4 is 29.0 Å². The lowest BCUT2D eigenvalue weighted by atomic mass is 10.1. The molecular formula is C19H19N3O4. The van der Waals surface area contributed by atoms with Gasteiger partial charge in [-0.25, -0.2) is 0 Å². The largest absolute Gasteiger partial charge is 0.378 e. The van der Waals surface area contributed by atoms with E-state index in [-0.39, 0.29) is 11.6 Å². The van der Waals surface area contributed by atoms with E-state index < -0.39 is 4.92 Å². The first kappa shape index (κ1) is 17.6. The smallest absolute Gasteiger partial charge is 0.276 e. The monoisotopic (exact) mass is 353 g/mol. The number of rotatable bonds is 5. The quantitative estimate of drug-likeness (QED) is 0.507. The van der Waals surface area contributed by atoms with Gasteiger partial charge in [-0.3, -0.25) is 14.9 Å². The Bertz CT molecular complexity index is 812. The second kappa shape index (κ2) is 8.26. The van der Waals surface area contributed by atoms with Crippen molar-refractivity contribution in [3.8, 4) is 0 Å². The number of hydrogen-bond donors (Lipinski definition) is 1. The first-order valence-corrected chi connectivity index (χ1v) is 8.29. The lowest BCUT2D eigenvalue weighted by molar-refractivity contribution is -0.385. The molecule has 7 heteroatoms. The maximum atomic E-state index is 12.1. The van der Waals surface area contributed by atoms with Gasteiger partial charge in [-0.15, -0.1) is 0 Å². The second-order valence-corrected chi connectivity index (χ2v) is 5.78. The fraction of sp³-hybridized carbons (Fsp3) is 0.211. The molecule has 0 bridgehead atoms.